The van der Waals surface area contributed by atoms with Gasteiger partial charge in [-0.25, -0.2) is 9.59 Å². The number of methoxy groups -OCH3 is 2. The molecule has 3 aromatic carbocycles. The van der Waals surface area contributed by atoms with Gasteiger partial charge in [0, 0.05) is 12.1 Å². The number of halogens is 3. The van der Waals surface area contributed by atoms with E-state index in [1.165, 1.54) is 7.11 Å². The van der Waals surface area contributed by atoms with Crippen molar-refractivity contribution in [2.24, 2.45) is 5.41 Å². The average Bonchev–Trinajstić information content (AvgIpc) is 3.27. The fourth-order valence-corrected chi connectivity index (χ4v) is 6.74. The van der Waals surface area contributed by atoms with Gasteiger partial charge in [0.05, 0.1) is 31.4 Å². The Morgan fingerprint density at radius 2 is 1.76 bits per heavy atom. The third-order valence-corrected chi connectivity index (χ3v) is 9.16. The summed E-state index contributed by atoms with van der Waals surface area (Å²) in [5.41, 5.74) is 6.39. The van der Waals surface area contributed by atoms with Crippen LogP contribution in [0.15, 0.2) is 60.2 Å². The topological polar surface area (TPSA) is 65.1 Å². The zero-order valence-electron chi connectivity index (χ0n) is 27.3. The lowest BCUT2D eigenvalue weighted by atomic mass is 9.72. The predicted molar refractivity (Wildman–Crippen MR) is 171 cm³/mol. The lowest BCUT2D eigenvalue weighted by molar-refractivity contribution is -0.137. The number of cyclic esters (lactones) is 1. The van der Waals surface area contributed by atoms with Gasteiger partial charge in [-0.15, -0.1) is 0 Å². The number of amides is 1. The first-order chi connectivity index (χ1) is 21.6. The van der Waals surface area contributed by atoms with Gasteiger partial charge >= 0.3 is 18.2 Å². The molecule has 1 heterocycles. The SMILES string of the molecule is COC(=O)c1ccc(-c2ccc(OC)c(C3=C(CN4C(=O)O[C@@H](c5cc(C)cc(C(F)(F)F)c5)[C@@H]4C)CC(C)(C)CC3)c2)c(C)c1. The maximum absolute atomic E-state index is 13.6. The Hall–Kier alpha value is -4.27. The van der Waals surface area contributed by atoms with E-state index in [4.69, 9.17) is 14.2 Å². The monoisotopic (exact) mass is 635 g/mol. The molecule has 1 fully saturated rings. The average molecular weight is 636 g/mol. The first-order valence-corrected chi connectivity index (χ1v) is 15.4. The maximum atomic E-state index is 13.6. The highest BCUT2D eigenvalue weighted by Gasteiger charge is 2.42. The van der Waals surface area contributed by atoms with E-state index in [0.717, 1.165) is 64.8 Å². The van der Waals surface area contributed by atoms with Crippen LogP contribution in [0.25, 0.3) is 16.7 Å². The Balaban J connectivity index is 1.53. The van der Waals surface area contributed by atoms with Crippen molar-refractivity contribution in [2.45, 2.75) is 72.2 Å². The lowest BCUT2D eigenvalue weighted by Gasteiger charge is -2.36. The quantitative estimate of drug-likeness (QED) is 0.242. The van der Waals surface area contributed by atoms with Crippen LogP contribution in [-0.2, 0) is 15.7 Å². The van der Waals surface area contributed by atoms with Gasteiger partial charge in [0.25, 0.3) is 0 Å². The van der Waals surface area contributed by atoms with E-state index >= 15 is 0 Å². The number of benzene rings is 3. The third kappa shape index (κ3) is 6.64. The van der Waals surface area contributed by atoms with Crippen molar-refractivity contribution in [1.82, 2.24) is 4.90 Å². The van der Waals surface area contributed by atoms with Gasteiger partial charge in [0.1, 0.15) is 11.9 Å². The molecule has 5 rings (SSSR count). The highest BCUT2D eigenvalue weighted by molar-refractivity contribution is 5.91. The van der Waals surface area contributed by atoms with E-state index in [2.05, 4.69) is 19.9 Å². The summed E-state index contributed by atoms with van der Waals surface area (Å²) in [5, 5.41) is 0. The molecule has 2 atom stereocenters. The van der Waals surface area contributed by atoms with E-state index in [9.17, 15) is 22.8 Å². The van der Waals surface area contributed by atoms with Crippen molar-refractivity contribution in [2.75, 3.05) is 20.8 Å². The normalized spacial score (nSPS) is 19.7. The molecule has 1 amide bonds. The highest BCUT2D eigenvalue weighted by atomic mass is 19.4. The standard InChI is InChI=1S/C37H40F3NO5/c1-21-14-26(17-28(15-21)37(38,39)40)33-23(3)41(35(43)46-33)20-27-19-36(4,5)13-12-30(27)31-18-24(9-11-32(31)44-6)29-10-8-25(16-22(29)2)34(42)45-7/h8-11,14-18,23,33H,12-13,19-20H2,1-7H3/t23-,33+/m0/s1. The number of allylic oxidation sites excluding steroid dienone is 1. The second-order valence-corrected chi connectivity index (χ2v) is 13.2. The van der Waals surface area contributed by atoms with Gasteiger partial charge in [-0.2, -0.15) is 13.2 Å². The number of hydrogen-bond donors (Lipinski definition) is 0. The molecule has 0 saturated carbocycles. The molecule has 0 spiro atoms. The number of aryl methyl sites for hydroxylation is 2. The van der Waals surface area contributed by atoms with Crippen molar-refractivity contribution in [3.05, 3.63) is 93.6 Å². The molecule has 1 saturated heterocycles. The summed E-state index contributed by atoms with van der Waals surface area (Å²) in [5.74, 6) is 0.305. The van der Waals surface area contributed by atoms with Crippen LogP contribution in [-0.4, -0.2) is 43.8 Å². The van der Waals surface area contributed by atoms with Gasteiger partial charge in [-0.1, -0.05) is 37.6 Å². The van der Waals surface area contributed by atoms with Crippen LogP contribution >= 0.6 is 0 Å². The minimum absolute atomic E-state index is 0.0194. The van der Waals surface area contributed by atoms with E-state index in [-0.39, 0.29) is 12.0 Å². The number of carbonyl (C=O) groups excluding carboxylic acids is 2. The second kappa shape index (κ2) is 12.5. The van der Waals surface area contributed by atoms with E-state index < -0.39 is 35.9 Å². The summed E-state index contributed by atoms with van der Waals surface area (Å²) < 4.78 is 57.3. The Labute approximate surface area is 268 Å². The molecule has 0 radical (unpaired) electrons. The Morgan fingerprint density at radius 1 is 1.02 bits per heavy atom. The van der Waals surface area contributed by atoms with Gasteiger partial charge < -0.3 is 14.2 Å². The van der Waals surface area contributed by atoms with Crippen molar-refractivity contribution >= 4 is 17.6 Å². The largest absolute Gasteiger partial charge is 0.496 e. The van der Waals surface area contributed by atoms with Crippen molar-refractivity contribution in [1.29, 1.82) is 0 Å². The zero-order chi connectivity index (χ0) is 33.6. The summed E-state index contributed by atoms with van der Waals surface area (Å²) in [6, 6.07) is 14.8. The van der Waals surface area contributed by atoms with Crippen molar-refractivity contribution in [3.8, 4) is 16.9 Å². The van der Waals surface area contributed by atoms with Crippen LogP contribution in [0.2, 0.25) is 0 Å². The zero-order valence-corrected chi connectivity index (χ0v) is 27.3. The van der Waals surface area contributed by atoms with Gasteiger partial charge in [-0.05, 0) is 115 Å². The van der Waals surface area contributed by atoms with E-state index in [1.54, 1.807) is 31.1 Å². The van der Waals surface area contributed by atoms with E-state index in [1.807, 2.05) is 38.1 Å². The molecular weight excluding hydrogens is 595 g/mol. The van der Waals surface area contributed by atoms with Gasteiger partial charge in [0.2, 0.25) is 0 Å². The molecule has 0 N–H and O–H groups in total. The number of alkyl halides is 3. The maximum Gasteiger partial charge on any atom is 0.416 e. The summed E-state index contributed by atoms with van der Waals surface area (Å²) in [7, 11) is 2.98. The minimum Gasteiger partial charge on any atom is -0.496 e. The third-order valence-electron chi connectivity index (χ3n) is 9.16. The van der Waals surface area contributed by atoms with Crippen LogP contribution in [0.5, 0.6) is 5.75 Å². The number of hydrogen-bond acceptors (Lipinski definition) is 5. The molecule has 0 unspecified atom stereocenters. The number of carbonyl (C=O) groups is 2. The summed E-state index contributed by atoms with van der Waals surface area (Å²) in [4.78, 5) is 27.0. The fourth-order valence-electron chi connectivity index (χ4n) is 6.74. The molecule has 2 aliphatic rings. The first kappa shape index (κ1) is 33.1. The molecule has 1 aliphatic carbocycles. The van der Waals surface area contributed by atoms with E-state index in [0.29, 0.717) is 22.4 Å². The van der Waals surface area contributed by atoms with Crippen LogP contribution in [0.1, 0.15) is 84.3 Å². The van der Waals surface area contributed by atoms with Crippen LogP contribution in [0.3, 0.4) is 0 Å². The Morgan fingerprint density at radius 3 is 2.41 bits per heavy atom. The molecular formula is C37H40F3NO5. The number of rotatable bonds is 7. The summed E-state index contributed by atoms with van der Waals surface area (Å²) >= 11 is 0. The lowest BCUT2D eigenvalue weighted by Crippen LogP contribution is -2.35. The van der Waals surface area contributed by atoms with Crippen LogP contribution in [0, 0.1) is 19.3 Å². The summed E-state index contributed by atoms with van der Waals surface area (Å²) in [6.07, 6.45) is -3.47. The predicted octanol–water partition coefficient (Wildman–Crippen LogP) is 9.33. The molecule has 3 aromatic rings. The number of ether oxygens (including phenoxy) is 3. The van der Waals surface area contributed by atoms with Gasteiger partial charge in [-0.3, -0.25) is 4.90 Å². The Bertz CT molecular complexity index is 1710. The van der Waals surface area contributed by atoms with Gasteiger partial charge in [0.15, 0.2) is 0 Å². The molecule has 0 aromatic heterocycles. The molecule has 244 valence electrons. The smallest absolute Gasteiger partial charge is 0.416 e. The van der Waals surface area contributed by atoms with Crippen LogP contribution in [0.4, 0.5) is 18.0 Å². The second-order valence-electron chi connectivity index (χ2n) is 13.2. The Kier molecular flexibility index (Phi) is 8.99. The number of esters is 1. The molecule has 0 bridgehead atoms. The van der Waals surface area contributed by atoms with Crippen LogP contribution < -0.4 is 4.74 Å². The highest BCUT2D eigenvalue weighted by Crippen LogP contribution is 2.47. The summed E-state index contributed by atoms with van der Waals surface area (Å²) in [6.45, 7) is 10.1. The molecule has 9 heteroatoms. The number of nitrogens with zero attached hydrogens (tertiary/aromatic N) is 1. The first-order valence-electron chi connectivity index (χ1n) is 15.4. The molecule has 1 aliphatic heterocycles. The minimum atomic E-state index is -4.50. The molecule has 46 heavy (non-hydrogen) atoms. The fraction of sp³-hybridized carbons (Fsp3) is 0.405. The van der Waals surface area contributed by atoms with Crippen molar-refractivity contribution in [3.63, 3.8) is 0 Å². The molecule has 6 nitrogen and oxygen atoms in total. The van der Waals surface area contributed by atoms with Crippen molar-refractivity contribution < 1.29 is 37.0 Å².